The van der Waals surface area contributed by atoms with E-state index in [9.17, 15) is 4.79 Å². The fourth-order valence-corrected chi connectivity index (χ4v) is 2.05. The van der Waals surface area contributed by atoms with Crippen LogP contribution in [0.25, 0.3) is 0 Å². The maximum atomic E-state index is 11.5. The third-order valence-electron chi connectivity index (χ3n) is 3.06. The highest BCUT2D eigenvalue weighted by Crippen LogP contribution is 2.08. The average molecular weight is 256 g/mol. The van der Waals surface area contributed by atoms with Gasteiger partial charge in [0.2, 0.25) is 5.91 Å². The maximum Gasteiger partial charge on any atom is 0.246 e. The SMILES string of the molecule is CC(C)(C)OCC(=O)NCCCN1CCCCC1. The summed E-state index contributed by atoms with van der Waals surface area (Å²) in [6.45, 7) is 10.3. The largest absolute Gasteiger partial charge is 0.366 e. The van der Waals surface area contributed by atoms with Gasteiger partial charge in [0.1, 0.15) is 6.61 Å². The molecule has 18 heavy (non-hydrogen) atoms. The zero-order valence-electron chi connectivity index (χ0n) is 12.1. The molecule has 0 unspecified atom stereocenters. The van der Waals surface area contributed by atoms with Gasteiger partial charge in [-0.05, 0) is 59.7 Å². The maximum absolute atomic E-state index is 11.5. The van der Waals surface area contributed by atoms with Crippen molar-refractivity contribution in [3.05, 3.63) is 0 Å². The summed E-state index contributed by atoms with van der Waals surface area (Å²) in [7, 11) is 0. The average Bonchev–Trinajstić information content (AvgIpc) is 2.33. The van der Waals surface area contributed by atoms with Gasteiger partial charge in [0.25, 0.3) is 0 Å². The number of nitrogens with zero attached hydrogens (tertiary/aromatic N) is 1. The second-order valence-electron chi connectivity index (χ2n) is 6.01. The van der Waals surface area contributed by atoms with Crippen LogP contribution in [0.5, 0.6) is 0 Å². The first-order valence-electron chi connectivity index (χ1n) is 7.10. The third-order valence-corrected chi connectivity index (χ3v) is 3.06. The number of ether oxygens (including phenoxy) is 1. The Hall–Kier alpha value is -0.610. The number of piperidine rings is 1. The van der Waals surface area contributed by atoms with E-state index in [1.165, 1.54) is 32.4 Å². The predicted octanol–water partition coefficient (Wildman–Crippen LogP) is 1.79. The van der Waals surface area contributed by atoms with Gasteiger partial charge in [-0.2, -0.15) is 0 Å². The van der Waals surface area contributed by atoms with E-state index >= 15 is 0 Å². The number of hydrogen-bond acceptors (Lipinski definition) is 3. The van der Waals surface area contributed by atoms with E-state index in [0.29, 0.717) is 0 Å². The van der Waals surface area contributed by atoms with Gasteiger partial charge in [0.05, 0.1) is 5.60 Å². The van der Waals surface area contributed by atoms with Crippen molar-refractivity contribution in [1.29, 1.82) is 0 Å². The van der Waals surface area contributed by atoms with E-state index in [-0.39, 0.29) is 18.1 Å². The molecule has 1 saturated heterocycles. The highest BCUT2D eigenvalue weighted by atomic mass is 16.5. The van der Waals surface area contributed by atoms with Gasteiger partial charge >= 0.3 is 0 Å². The lowest BCUT2D eigenvalue weighted by molar-refractivity contribution is -0.130. The standard InChI is InChI=1S/C14H28N2O2/c1-14(2,3)18-12-13(17)15-8-7-11-16-9-5-4-6-10-16/h4-12H2,1-3H3,(H,15,17). The van der Waals surface area contributed by atoms with Crippen LogP contribution in [0.1, 0.15) is 46.5 Å². The Bertz CT molecular complexity index is 243. The molecule has 4 heteroatoms. The monoisotopic (exact) mass is 256 g/mol. The molecule has 0 bridgehead atoms. The van der Waals surface area contributed by atoms with Crippen LogP contribution in [0, 0.1) is 0 Å². The van der Waals surface area contributed by atoms with Gasteiger partial charge in [-0.3, -0.25) is 4.79 Å². The molecule has 1 rings (SSSR count). The topological polar surface area (TPSA) is 41.6 Å². The highest BCUT2D eigenvalue weighted by molar-refractivity contribution is 5.77. The minimum Gasteiger partial charge on any atom is -0.366 e. The van der Waals surface area contributed by atoms with E-state index in [1.807, 2.05) is 20.8 Å². The summed E-state index contributed by atoms with van der Waals surface area (Å²) in [6.07, 6.45) is 5.05. The molecule has 0 atom stereocenters. The normalized spacial score (nSPS) is 17.7. The zero-order valence-corrected chi connectivity index (χ0v) is 12.1. The Morgan fingerprint density at radius 1 is 1.22 bits per heavy atom. The number of hydrogen-bond donors (Lipinski definition) is 1. The first-order chi connectivity index (χ1) is 8.47. The lowest BCUT2D eigenvalue weighted by atomic mass is 10.1. The van der Waals surface area contributed by atoms with Gasteiger partial charge < -0.3 is 15.0 Å². The minimum atomic E-state index is -0.245. The summed E-state index contributed by atoms with van der Waals surface area (Å²) in [5.74, 6) is -0.0106. The minimum absolute atomic E-state index is 0.0106. The Labute approximate surface area is 111 Å². The molecule has 1 heterocycles. The number of rotatable bonds is 6. The van der Waals surface area contributed by atoms with E-state index in [0.717, 1.165) is 19.5 Å². The summed E-state index contributed by atoms with van der Waals surface area (Å²) in [5.41, 5.74) is -0.245. The van der Waals surface area contributed by atoms with Crippen molar-refractivity contribution >= 4 is 5.91 Å². The molecule has 0 saturated carbocycles. The fraction of sp³-hybridized carbons (Fsp3) is 0.929. The zero-order chi connectivity index (χ0) is 13.4. The number of carbonyl (C=O) groups is 1. The summed E-state index contributed by atoms with van der Waals surface area (Å²) in [4.78, 5) is 14.0. The van der Waals surface area contributed by atoms with Crippen molar-refractivity contribution in [2.75, 3.05) is 32.8 Å². The molecule has 0 aromatic rings. The second kappa shape index (κ2) is 7.74. The number of amides is 1. The summed E-state index contributed by atoms with van der Waals surface area (Å²) in [5, 5.41) is 2.90. The Balaban J connectivity index is 1.98. The van der Waals surface area contributed by atoms with Crippen LogP contribution >= 0.6 is 0 Å². The predicted molar refractivity (Wildman–Crippen MR) is 73.6 cm³/mol. The van der Waals surface area contributed by atoms with Crippen LogP contribution in [0.2, 0.25) is 0 Å². The Morgan fingerprint density at radius 2 is 1.89 bits per heavy atom. The third kappa shape index (κ3) is 7.67. The summed E-state index contributed by atoms with van der Waals surface area (Å²) in [6, 6.07) is 0. The number of carbonyl (C=O) groups excluding carboxylic acids is 1. The van der Waals surface area contributed by atoms with E-state index in [1.54, 1.807) is 0 Å². The summed E-state index contributed by atoms with van der Waals surface area (Å²) < 4.78 is 5.42. The molecule has 0 aliphatic carbocycles. The second-order valence-corrected chi connectivity index (χ2v) is 6.01. The summed E-state index contributed by atoms with van der Waals surface area (Å²) >= 11 is 0. The molecule has 1 fully saturated rings. The Morgan fingerprint density at radius 3 is 2.50 bits per heavy atom. The molecular weight excluding hydrogens is 228 g/mol. The molecule has 1 N–H and O–H groups in total. The first kappa shape index (κ1) is 15.4. The van der Waals surface area contributed by atoms with E-state index in [4.69, 9.17) is 4.74 Å². The van der Waals surface area contributed by atoms with Crippen molar-refractivity contribution in [2.45, 2.75) is 52.1 Å². The van der Waals surface area contributed by atoms with Crippen LogP contribution in [-0.2, 0) is 9.53 Å². The van der Waals surface area contributed by atoms with Crippen molar-refractivity contribution in [3.63, 3.8) is 0 Å². The molecule has 106 valence electrons. The number of nitrogens with one attached hydrogen (secondary N) is 1. The van der Waals surface area contributed by atoms with Crippen molar-refractivity contribution < 1.29 is 9.53 Å². The molecule has 1 aliphatic heterocycles. The molecule has 0 aromatic carbocycles. The van der Waals surface area contributed by atoms with Crippen LogP contribution in [0.15, 0.2) is 0 Å². The molecule has 0 radical (unpaired) electrons. The van der Waals surface area contributed by atoms with Crippen LogP contribution < -0.4 is 5.32 Å². The highest BCUT2D eigenvalue weighted by Gasteiger charge is 2.13. The van der Waals surface area contributed by atoms with Crippen LogP contribution in [0.4, 0.5) is 0 Å². The van der Waals surface area contributed by atoms with Crippen molar-refractivity contribution in [1.82, 2.24) is 10.2 Å². The Kier molecular flexibility index (Phi) is 6.65. The van der Waals surface area contributed by atoms with Crippen LogP contribution in [-0.4, -0.2) is 49.2 Å². The molecule has 1 amide bonds. The lowest BCUT2D eigenvalue weighted by Gasteiger charge is -2.26. The molecular formula is C14H28N2O2. The van der Waals surface area contributed by atoms with E-state index < -0.39 is 0 Å². The van der Waals surface area contributed by atoms with Gasteiger partial charge in [-0.25, -0.2) is 0 Å². The van der Waals surface area contributed by atoms with Gasteiger partial charge in [-0.1, -0.05) is 6.42 Å². The molecule has 0 aromatic heterocycles. The fourth-order valence-electron chi connectivity index (χ4n) is 2.05. The van der Waals surface area contributed by atoms with Crippen molar-refractivity contribution in [3.8, 4) is 0 Å². The van der Waals surface area contributed by atoms with Gasteiger partial charge in [0.15, 0.2) is 0 Å². The van der Waals surface area contributed by atoms with E-state index in [2.05, 4.69) is 10.2 Å². The van der Waals surface area contributed by atoms with Crippen LogP contribution in [0.3, 0.4) is 0 Å². The smallest absolute Gasteiger partial charge is 0.246 e. The first-order valence-corrected chi connectivity index (χ1v) is 7.10. The molecule has 1 aliphatic rings. The molecule has 4 nitrogen and oxygen atoms in total. The number of likely N-dealkylation sites (tertiary alicyclic amines) is 1. The lowest BCUT2D eigenvalue weighted by Crippen LogP contribution is -2.35. The van der Waals surface area contributed by atoms with Gasteiger partial charge in [0, 0.05) is 6.54 Å². The van der Waals surface area contributed by atoms with Gasteiger partial charge in [-0.15, -0.1) is 0 Å². The molecule has 0 spiro atoms. The quantitative estimate of drug-likeness (QED) is 0.737. The van der Waals surface area contributed by atoms with Crippen molar-refractivity contribution in [2.24, 2.45) is 0 Å².